The normalized spacial score (nSPS) is 22.2. The molecule has 3 atom stereocenters. The van der Waals surface area contributed by atoms with Crippen LogP contribution in [0.2, 0.25) is 0 Å². The molecule has 0 aliphatic carbocycles. The molecule has 3 unspecified atom stereocenters. The van der Waals surface area contributed by atoms with Gasteiger partial charge in [-0.3, -0.25) is 0 Å². The van der Waals surface area contributed by atoms with E-state index in [1.807, 2.05) is 0 Å². The Labute approximate surface area is 89.1 Å². The minimum atomic E-state index is -0.109. The van der Waals surface area contributed by atoms with Gasteiger partial charge in [0.1, 0.15) is 0 Å². The highest BCUT2D eigenvalue weighted by atomic mass is 35.5. The van der Waals surface area contributed by atoms with Gasteiger partial charge in [0.25, 0.3) is 0 Å². The van der Waals surface area contributed by atoms with Crippen molar-refractivity contribution in [3.63, 3.8) is 0 Å². The standard InChI is InChI=1S/C12H25Cl/c1-8-9(2)10(3)12(7,13)11(4,5)6/h9-10H,8H2,1-7H3. The van der Waals surface area contributed by atoms with Gasteiger partial charge in [-0.1, -0.05) is 48.0 Å². The van der Waals surface area contributed by atoms with Crippen molar-refractivity contribution in [3.05, 3.63) is 0 Å². The van der Waals surface area contributed by atoms with Gasteiger partial charge < -0.3 is 0 Å². The van der Waals surface area contributed by atoms with E-state index in [2.05, 4.69) is 48.5 Å². The first-order chi connectivity index (χ1) is 5.64. The fourth-order valence-corrected chi connectivity index (χ4v) is 1.79. The van der Waals surface area contributed by atoms with Crippen LogP contribution < -0.4 is 0 Å². The maximum atomic E-state index is 6.64. The Hall–Kier alpha value is 0.290. The predicted octanol–water partition coefficient (Wildman–Crippen LogP) is 4.71. The zero-order valence-corrected chi connectivity index (χ0v) is 11.0. The molecule has 0 heterocycles. The molecule has 0 aromatic carbocycles. The molecule has 0 bridgehead atoms. The van der Waals surface area contributed by atoms with E-state index < -0.39 is 0 Å². The third-order valence-corrected chi connectivity index (χ3v) is 4.73. The van der Waals surface area contributed by atoms with Crippen molar-refractivity contribution in [3.8, 4) is 0 Å². The van der Waals surface area contributed by atoms with E-state index in [9.17, 15) is 0 Å². The number of alkyl halides is 1. The van der Waals surface area contributed by atoms with Crippen LogP contribution >= 0.6 is 11.6 Å². The summed E-state index contributed by atoms with van der Waals surface area (Å²) in [5.74, 6) is 1.25. The molecule has 0 rings (SSSR count). The van der Waals surface area contributed by atoms with E-state index >= 15 is 0 Å². The van der Waals surface area contributed by atoms with Gasteiger partial charge in [0.15, 0.2) is 0 Å². The van der Waals surface area contributed by atoms with Crippen LogP contribution in [0, 0.1) is 17.3 Å². The maximum absolute atomic E-state index is 6.64. The summed E-state index contributed by atoms with van der Waals surface area (Å²) >= 11 is 6.64. The molecular formula is C12H25Cl. The number of hydrogen-bond acceptors (Lipinski definition) is 0. The molecule has 0 radical (unpaired) electrons. The van der Waals surface area contributed by atoms with E-state index in [4.69, 9.17) is 11.6 Å². The third kappa shape index (κ3) is 2.87. The quantitative estimate of drug-likeness (QED) is 0.584. The Morgan fingerprint density at radius 1 is 1.08 bits per heavy atom. The van der Waals surface area contributed by atoms with E-state index in [0.29, 0.717) is 11.8 Å². The lowest BCUT2D eigenvalue weighted by atomic mass is 9.69. The minimum absolute atomic E-state index is 0.109. The molecule has 0 aliphatic heterocycles. The van der Waals surface area contributed by atoms with Gasteiger partial charge in [-0.2, -0.15) is 0 Å². The molecule has 1 heteroatoms. The molecule has 0 aromatic heterocycles. The Kier molecular flexibility index (Phi) is 4.30. The van der Waals surface area contributed by atoms with Gasteiger partial charge in [-0.15, -0.1) is 11.6 Å². The topological polar surface area (TPSA) is 0 Å². The molecule has 0 spiro atoms. The summed E-state index contributed by atoms with van der Waals surface area (Å²) in [4.78, 5) is -0.109. The molecule has 80 valence electrons. The molecule has 0 saturated carbocycles. The summed E-state index contributed by atoms with van der Waals surface area (Å²) in [6.07, 6.45) is 1.21. The Bertz CT molecular complexity index is 153. The monoisotopic (exact) mass is 204 g/mol. The molecular weight excluding hydrogens is 180 g/mol. The summed E-state index contributed by atoms with van der Waals surface area (Å²) in [5.41, 5.74) is 0.164. The summed E-state index contributed by atoms with van der Waals surface area (Å²) in [6.45, 7) is 15.6. The molecule has 0 saturated heterocycles. The maximum Gasteiger partial charge on any atom is 0.0494 e. The van der Waals surface area contributed by atoms with Crippen molar-refractivity contribution in [1.82, 2.24) is 0 Å². The first kappa shape index (κ1) is 13.3. The highest BCUT2D eigenvalue weighted by Gasteiger charge is 2.41. The van der Waals surface area contributed by atoms with E-state index in [1.54, 1.807) is 0 Å². The molecule has 0 N–H and O–H groups in total. The van der Waals surface area contributed by atoms with Gasteiger partial charge in [0.2, 0.25) is 0 Å². The van der Waals surface area contributed by atoms with Crippen LogP contribution in [-0.2, 0) is 0 Å². The molecule has 0 amide bonds. The van der Waals surface area contributed by atoms with Crippen LogP contribution in [0.4, 0.5) is 0 Å². The second-order valence-corrected chi connectivity index (χ2v) is 6.28. The summed E-state index contributed by atoms with van der Waals surface area (Å²) in [6, 6.07) is 0. The van der Waals surface area contributed by atoms with E-state index in [1.165, 1.54) is 6.42 Å². The third-order valence-electron chi connectivity index (χ3n) is 3.82. The zero-order valence-electron chi connectivity index (χ0n) is 10.2. The number of rotatable bonds is 3. The van der Waals surface area contributed by atoms with E-state index in [0.717, 1.165) is 0 Å². The molecule has 0 aliphatic rings. The van der Waals surface area contributed by atoms with Crippen LogP contribution in [0.5, 0.6) is 0 Å². The largest absolute Gasteiger partial charge is 0.119 e. The SMILES string of the molecule is CCC(C)C(C)C(C)(Cl)C(C)(C)C. The Morgan fingerprint density at radius 2 is 1.46 bits per heavy atom. The fourth-order valence-electron chi connectivity index (χ4n) is 1.57. The van der Waals surface area contributed by atoms with Crippen LogP contribution in [-0.4, -0.2) is 4.87 Å². The average Bonchev–Trinajstić information content (AvgIpc) is 1.99. The van der Waals surface area contributed by atoms with Crippen molar-refractivity contribution in [2.75, 3.05) is 0 Å². The van der Waals surface area contributed by atoms with Gasteiger partial charge in [-0.25, -0.2) is 0 Å². The van der Waals surface area contributed by atoms with Gasteiger partial charge in [-0.05, 0) is 24.2 Å². The highest BCUT2D eigenvalue weighted by Crippen LogP contribution is 2.45. The van der Waals surface area contributed by atoms with Gasteiger partial charge in [0.05, 0.1) is 0 Å². The second-order valence-electron chi connectivity index (χ2n) is 5.50. The lowest BCUT2D eigenvalue weighted by molar-refractivity contribution is 0.171. The lowest BCUT2D eigenvalue weighted by Gasteiger charge is -2.43. The predicted molar refractivity (Wildman–Crippen MR) is 62.3 cm³/mol. The number of hydrogen-bond donors (Lipinski definition) is 0. The molecule has 13 heavy (non-hydrogen) atoms. The van der Waals surface area contributed by atoms with Crippen LogP contribution in [0.1, 0.15) is 54.9 Å². The Morgan fingerprint density at radius 3 is 1.69 bits per heavy atom. The zero-order chi connectivity index (χ0) is 10.9. The van der Waals surface area contributed by atoms with Gasteiger partial charge >= 0.3 is 0 Å². The van der Waals surface area contributed by atoms with Crippen molar-refractivity contribution >= 4 is 11.6 Å². The highest BCUT2D eigenvalue weighted by molar-refractivity contribution is 6.24. The average molecular weight is 205 g/mol. The number of halogens is 1. The smallest absolute Gasteiger partial charge is 0.0494 e. The molecule has 0 fully saturated rings. The second kappa shape index (κ2) is 4.21. The van der Waals surface area contributed by atoms with Crippen molar-refractivity contribution in [2.24, 2.45) is 17.3 Å². The first-order valence-electron chi connectivity index (χ1n) is 5.33. The van der Waals surface area contributed by atoms with Crippen LogP contribution in [0.3, 0.4) is 0 Å². The van der Waals surface area contributed by atoms with E-state index in [-0.39, 0.29) is 10.3 Å². The van der Waals surface area contributed by atoms with Crippen LogP contribution in [0.25, 0.3) is 0 Å². The fraction of sp³-hybridized carbons (Fsp3) is 1.00. The Balaban J connectivity index is 4.63. The van der Waals surface area contributed by atoms with Crippen LogP contribution in [0.15, 0.2) is 0 Å². The first-order valence-corrected chi connectivity index (χ1v) is 5.71. The summed E-state index contributed by atoms with van der Waals surface area (Å²) in [5, 5.41) is 0. The summed E-state index contributed by atoms with van der Waals surface area (Å²) in [7, 11) is 0. The minimum Gasteiger partial charge on any atom is -0.119 e. The van der Waals surface area contributed by atoms with Crippen molar-refractivity contribution in [1.29, 1.82) is 0 Å². The van der Waals surface area contributed by atoms with Gasteiger partial charge in [0, 0.05) is 4.87 Å². The molecule has 0 aromatic rings. The summed E-state index contributed by atoms with van der Waals surface area (Å²) < 4.78 is 0. The van der Waals surface area contributed by atoms with Crippen molar-refractivity contribution < 1.29 is 0 Å². The van der Waals surface area contributed by atoms with Crippen molar-refractivity contribution in [2.45, 2.75) is 59.8 Å². The molecule has 0 nitrogen and oxygen atoms in total. The lowest BCUT2D eigenvalue weighted by Crippen LogP contribution is -2.42.